The monoisotopic (exact) mass is 328 g/mol. The van der Waals surface area contributed by atoms with Crippen molar-refractivity contribution in [2.75, 3.05) is 0 Å². The number of hydrogen-bond acceptors (Lipinski definition) is 1. The minimum atomic E-state index is -0.613. The van der Waals surface area contributed by atoms with Crippen molar-refractivity contribution in [1.82, 2.24) is 0 Å². The summed E-state index contributed by atoms with van der Waals surface area (Å²) in [6.45, 7) is 6.95. The lowest BCUT2D eigenvalue weighted by molar-refractivity contribution is -0.0276. The molecule has 118 valence electrons. The van der Waals surface area contributed by atoms with Crippen LogP contribution in [-0.4, -0.2) is 10.7 Å². The molecule has 21 heavy (non-hydrogen) atoms. The smallest absolute Gasteiger partial charge is 0.0688 e. The second-order valence-corrected chi connectivity index (χ2v) is 8.10. The summed E-state index contributed by atoms with van der Waals surface area (Å²) >= 11 is 12.2. The zero-order valence-corrected chi connectivity index (χ0v) is 14.8. The van der Waals surface area contributed by atoms with Gasteiger partial charge in [0.2, 0.25) is 0 Å². The molecule has 1 N–H and O–H groups in total. The maximum absolute atomic E-state index is 10.9. The Morgan fingerprint density at radius 3 is 2.38 bits per heavy atom. The lowest BCUT2D eigenvalue weighted by Gasteiger charge is -2.42. The Morgan fingerprint density at radius 2 is 1.86 bits per heavy atom. The Morgan fingerprint density at radius 1 is 1.24 bits per heavy atom. The zero-order chi connectivity index (χ0) is 15.7. The molecule has 1 aliphatic carbocycles. The van der Waals surface area contributed by atoms with Crippen LogP contribution in [0.3, 0.4) is 0 Å². The summed E-state index contributed by atoms with van der Waals surface area (Å²) in [6, 6.07) is 5.54. The highest BCUT2D eigenvalue weighted by atomic mass is 35.5. The van der Waals surface area contributed by atoms with E-state index >= 15 is 0 Å². The molecule has 0 unspecified atom stereocenters. The van der Waals surface area contributed by atoms with Crippen molar-refractivity contribution >= 4 is 23.2 Å². The summed E-state index contributed by atoms with van der Waals surface area (Å²) in [5.41, 5.74) is 0.758. The summed E-state index contributed by atoms with van der Waals surface area (Å²) in [5.74, 6) is 0.712. The molecule has 0 spiro atoms. The molecule has 0 saturated heterocycles. The normalized spacial score (nSPS) is 26.9. The van der Waals surface area contributed by atoms with Crippen LogP contribution in [0.15, 0.2) is 18.2 Å². The Hall–Kier alpha value is -0.240. The summed E-state index contributed by atoms with van der Waals surface area (Å²) in [5, 5.41) is 12.2. The maximum Gasteiger partial charge on any atom is 0.0688 e. The van der Waals surface area contributed by atoms with Gasteiger partial charge in [-0.3, -0.25) is 0 Å². The van der Waals surface area contributed by atoms with Gasteiger partial charge in [0.25, 0.3) is 0 Å². The lowest BCUT2D eigenvalue weighted by atomic mass is 9.65. The van der Waals surface area contributed by atoms with Crippen LogP contribution >= 0.6 is 23.2 Å². The first-order valence-electron chi connectivity index (χ1n) is 7.92. The minimum absolute atomic E-state index is 0.374. The second kappa shape index (κ2) is 6.48. The van der Waals surface area contributed by atoms with Crippen LogP contribution in [0.5, 0.6) is 0 Å². The Bertz CT molecular complexity index is 488. The average molecular weight is 329 g/mol. The quantitative estimate of drug-likeness (QED) is 0.730. The van der Waals surface area contributed by atoms with Crippen LogP contribution in [0.1, 0.15) is 58.4 Å². The van der Waals surface area contributed by atoms with Crippen molar-refractivity contribution in [2.24, 2.45) is 11.3 Å². The van der Waals surface area contributed by atoms with Crippen molar-refractivity contribution in [3.63, 3.8) is 0 Å². The van der Waals surface area contributed by atoms with E-state index in [0.29, 0.717) is 27.8 Å². The summed E-state index contributed by atoms with van der Waals surface area (Å²) in [6.07, 6.45) is 5.74. The van der Waals surface area contributed by atoms with Crippen LogP contribution in [-0.2, 0) is 6.42 Å². The molecule has 3 heteroatoms. The van der Waals surface area contributed by atoms with Gasteiger partial charge in [-0.15, -0.1) is 0 Å². The molecule has 1 aromatic rings. The molecule has 0 amide bonds. The fourth-order valence-electron chi connectivity index (χ4n) is 3.42. The average Bonchev–Trinajstić information content (AvgIpc) is 2.42. The van der Waals surface area contributed by atoms with Crippen LogP contribution < -0.4 is 0 Å². The number of benzene rings is 1. The molecule has 1 fully saturated rings. The lowest BCUT2D eigenvalue weighted by Crippen LogP contribution is -2.39. The number of rotatable bonds is 4. The molecule has 0 radical (unpaired) electrons. The largest absolute Gasteiger partial charge is 0.390 e. The fourth-order valence-corrected chi connectivity index (χ4v) is 3.90. The third kappa shape index (κ3) is 4.15. The SMILES string of the molecule is CCC(C)(C)C1CCC(O)(Cc2ccc(Cl)cc2Cl)CC1. The molecule has 2 rings (SSSR count). The molecule has 0 heterocycles. The standard InChI is InChI=1S/C18H26Cl2O/c1-4-17(2,3)14-7-9-18(21,10-8-14)12-13-5-6-15(19)11-16(13)20/h5-6,11,14,21H,4,7-10,12H2,1-3H3. The van der Waals surface area contributed by atoms with Gasteiger partial charge in [0.05, 0.1) is 5.60 Å². The molecule has 0 bridgehead atoms. The van der Waals surface area contributed by atoms with E-state index in [4.69, 9.17) is 23.2 Å². The molecule has 1 aliphatic rings. The highest BCUT2D eigenvalue weighted by Crippen LogP contribution is 2.44. The van der Waals surface area contributed by atoms with Crippen LogP contribution in [0.2, 0.25) is 10.0 Å². The van der Waals surface area contributed by atoms with Crippen LogP contribution in [0, 0.1) is 11.3 Å². The van der Waals surface area contributed by atoms with Gasteiger partial charge in [-0.2, -0.15) is 0 Å². The topological polar surface area (TPSA) is 20.2 Å². The first-order valence-corrected chi connectivity index (χ1v) is 8.68. The van der Waals surface area contributed by atoms with Crippen molar-refractivity contribution in [3.05, 3.63) is 33.8 Å². The third-order valence-electron chi connectivity index (χ3n) is 5.47. The molecule has 0 atom stereocenters. The molecular formula is C18H26Cl2O. The molecule has 1 nitrogen and oxygen atoms in total. The molecule has 1 saturated carbocycles. The fraction of sp³-hybridized carbons (Fsp3) is 0.667. The Labute approximate surface area is 138 Å². The van der Waals surface area contributed by atoms with Gasteiger partial charge in [0.1, 0.15) is 0 Å². The first-order chi connectivity index (χ1) is 9.76. The highest BCUT2D eigenvalue weighted by Gasteiger charge is 2.38. The van der Waals surface area contributed by atoms with E-state index in [1.807, 2.05) is 12.1 Å². The van der Waals surface area contributed by atoms with Gasteiger partial charge in [-0.05, 0) is 54.7 Å². The molecule has 0 aromatic heterocycles. The van der Waals surface area contributed by atoms with Gasteiger partial charge in [0, 0.05) is 16.5 Å². The van der Waals surface area contributed by atoms with Crippen molar-refractivity contribution in [2.45, 2.75) is 64.9 Å². The van der Waals surface area contributed by atoms with E-state index < -0.39 is 5.60 Å². The van der Waals surface area contributed by atoms with E-state index in [0.717, 1.165) is 31.2 Å². The summed E-state index contributed by atoms with van der Waals surface area (Å²) in [4.78, 5) is 0. The third-order valence-corrected chi connectivity index (χ3v) is 6.05. The van der Waals surface area contributed by atoms with E-state index in [9.17, 15) is 5.11 Å². The van der Waals surface area contributed by atoms with Crippen LogP contribution in [0.4, 0.5) is 0 Å². The highest BCUT2D eigenvalue weighted by molar-refractivity contribution is 6.35. The van der Waals surface area contributed by atoms with Gasteiger partial charge in [-0.25, -0.2) is 0 Å². The number of aliphatic hydroxyl groups is 1. The van der Waals surface area contributed by atoms with E-state index in [1.165, 1.54) is 6.42 Å². The van der Waals surface area contributed by atoms with Crippen molar-refractivity contribution in [1.29, 1.82) is 0 Å². The van der Waals surface area contributed by atoms with Gasteiger partial charge >= 0.3 is 0 Å². The number of hydrogen-bond donors (Lipinski definition) is 1. The van der Waals surface area contributed by atoms with E-state index in [2.05, 4.69) is 20.8 Å². The van der Waals surface area contributed by atoms with Crippen molar-refractivity contribution < 1.29 is 5.11 Å². The van der Waals surface area contributed by atoms with Gasteiger partial charge in [0.15, 0.2) is 0 Å². The molecule has 0 aliphatic heterocycles. The second-order valence-electron chi connectivity index (χ2n) is 7.25. The summed E-state index contributed by atoms with van der Waals surface area (Å²) in [7, 11) is 0. The Kier molecular flexibility index (Phi) is 5.28. The van der Waals surface area contributed by atoms with Gasteiger partial charge in [-0.1, -0.05) is 56.5 Å². The molecular weight excluding hydrogens is 303 g/mol. The van der Waals surface area contributed by atoms with Crippen LogP contribution in [0.25, 0.3) is 0 Å². The predicted molar refractivity (Wildman–Crippen MR) is 91.1 cm³/mol. The van der Waals surface area contributed by atoms with Crippen molar-refractivity contribution in [3.8, 4) is 0 Å². The van der Waals surface area contributed by atoms with E-state index in [-0.39, 0.29) is 0 Å². The summed E-state index contributed by atoms with van der Waals surface area (Å²) < 4.78 is 0. The maximum atomic E-state index is 10.9. The predicted octanol–water partition coefficient (Wildman–Crippen LogP) is 5.89. The zero-order valence-electron chi connectivity index (χ0n) is 13.3. The first kappa shape index (κ1) is 17.1. The number of halogens is 2. The van der Waals surface area contributed by atoms with E-state index in [1.54, 1.807) is 6.07 Å². The molecule has 1 aromatic carbocycles. The minimum Gasteiger partial charge on any atom is -0.390 e. The van der Waals surface area contributed by atoms with Gasteiger partial charge < -0.3 is 5.11 Å². The Balaban J connectivity index is 2.02.